The van der Waals surface area contributed by atoms with Gasteiger partial charge in [0.25, 0.3) is 0 Å². The van der Waals surface area contributed by atoms with E-state index in [1.807, 2.05) is 6.92 Å². The predicted molar refractivity (Wildman–Crippen MR) is 93.7 cm³/mol. The van der Waals surface area contributed by atoms with Gasteiger partial charge in [-0.25, -0.2) is 4.99 Å². The smallest absolute Gasteiger partial charge is 0.373 e. The number of guanidine groups is 1. The highest BCUT2D eigenvalue weighted by molar-refractivity contribution is 5.80. The number of nitrogens with one attached hydrogen (secondary N) is 2. The third kappa shape index (κ3) is 4.70. The minimum absolute atomic E-state index is 0.252. The zero-order valence-electron chi connectivity index (χ0n) is 14.6. The van der Waals surface area contributed by atoms with Crippen LogP contribution in [-0.2, 0) is 10.9 Å². The second-order valence-electron chi connectivity index (χ2n) is 6.43. The topological polar surface area (TPSA) is 45.7 Å². The fraction of sp³-hybridized carbons (Fsp3) is 0.526. The van der Waals surface area contributed by atoms with Crippen molar-refractivity contribution in [3.63, 3.8) is 0 Å². The molecule has 0 radical (unpaired) electrons. The van der Waals surface area contributed by atoms with Gasteiger partial charge in [0, 0.05) is 12.1 Å². The van der Waals surface area contributed by atoms with Crippen molar-refractivity contribution in [1.82, 2.24) is 10.6 Å². The SMILES string of the molecule is CCNC(=NCC#Cc1ccc(C(F)(F)F)cc1)NC1CC2CCC1O2. The van der Waals surface area contributed by atoms with E-state index >= 15 is 0 Å². The molecular weight excluding hydrogens is 343 g/mol. The molecule has 1 aromatic rings. The van der Waals surface area contributed by atoms with E-state index in [1.165, 1.54) is 12.1 Å². The Kier molecular flexibility index (Phi) is 5.72. The third-order valence-electron chi connectivity index (χ3n) is 4.53. The van der Waals surface area contributed by atoms with Crippen molar-refractivity contribution in [2.45, 2.75) is 50.6 Å². The molecule has 3 atom stereocenters. The zero-order valence-corrected chi connectivity index (χ0v) is 14.6. The molecule has 2 saturated heterocycles. The van der Waals surface area contributed by atoms with E-state index in [-0.39, 0.29) is 18.7 Å². The van der Waals surface area contributed by atoms with Gasteiger partial charge in [0.1, 0.15) is 6.54 Å². The second kappa shape index (κ2) is 8.00. The average Bonchev–Trinajstić information content (AvgIpc) is 3.21. The van der Waals surface area contributed by atoms with E-state index in [0.29, 0.717) is 17.6 Å². The van der Waals surface area contributed by atoms with E-state index in [0.717, 1.165) is 37.9 Å². The summed E-state index contributed by atoms with van der Waals surface area (Å²) < 4.78 is 43.4. The van der Waals surface area contributed by atoms with Gasteiger partial charge in [-0.1, -0.05) is 11.8 Å². The van der Waals surface area contributed by atoms with Crippen LogP contribution in [0.2, 0.25) is 0 Å². The normalized spacial score (nSPS) is 24.9. The Morgan fingerprint density at radius 3 is 2.62 bits per heavy atom. The van der Waals surface area contributed by atoms with Crippen LogP contribution in [0.1, 0.15) is 37.3 Å². The largest absolute Gasteiger partial charge is 0.416 e. The summed E-state index contributed by atoms with van der Waals surface area (Å²) in [5.41, 5.74) is -0.138. The van der Waals surface area contributed by atoms with Crippen LogP contribution in [0.25, 0.3) is 0 Å². The molecule has 0 aromatic heterocycles. The second-order valence-corrected chi connectivity index (χ2v) is 6.43. The quantitative estimate of drug-likeness (QED) is 0.492. The van der Waals surface area contributed by atoms with Gasteiger partial charge in [0.15, 0.2) is 5.96 Å². The molecule has 0 aliphatic carbocycles. The number of hydrogen-bond acceptors (Lipinski definition) is 2. The number of fused-ring (bicyclic) bond motifs is 2. The molecule has 4 nitrogen and oxygen atoms in total. The van der Waals surface area contributed by atoms with Gasteiger partial charge in [-0.3, -0.25) is 0 Å². The molecule has 3 unspecified atom stereocenters. The summed E-state index contributed by atoms with van der Waals surface area (Å²) >= 11 is 0. The molecule has 0 amide bonds. The number of aliphatic imine (C=N–C) groups is 1. The summed E-state index contributed by atoms with van der Waals surface area (Å²) in [4.78, 5) is 4.42. The Labute approximate surface area is 151 Å². The van der Waals surface area contributed by atoms with Gasteiger partial charge in [0.2, 0.25) is 0 Å². The van der Waals surface area contributed by atoms with Gasteiger partial charge >= 0.3 is 6.18 Å². The highest BCUT2D eigenvalue weighted by atomic mass is 19.4. The number of nitrogens with zero attached hydrogens (tertiary/aromatic N) is 1. The lowest BCUT2D eigenvalue weighted by Crippen LogP contribution is -2.47. The Morgan fingerprint density at radius 2 is 2.04 bits per heavy atom. The minimum atomic E-state index is -4.33. The van der Waals surface area contributed by atoms with Crippen molar-refractivity contribution in [1.29, 1.82) is 0 Å². The van der Waals surface area contributed by atoms with Crippen molar-refractivity contribution in [3.8, 4) is 11.8 Å². The van der Waals surface area contributed by atoms with E-state index in [2.05, 4.69) is 27.5 Å². The number of benzene rings is 1. The predicted octanol–water partition coefficient (Wildman–Crippen LogP) is 2.93. The highest BCUT2D eigenvalue weighted by Gasteiger charge is 2.41. The van der Waals surface area contributed by atoms with Crippen molar-refractivity contribution in [2.24, 2.45) is 4.99 Å². The van der Waals surface area contributed by atoms with Crippen LogP contribution in [0.4, 0.5) is 13.2 Å². The third-order valence-corrected chi connectivity index (χ3v) is 4.53. The lowest BCUT2D eigenvalue weighted by molar-refractivity contribution is -0.137. The summed E-state index contributed by atoms with van der Waals surface area (Å²) in [6, 6.07) is 5.09. The number of ether oxygens (including phenoxy) is 1. The van der Waals surface area contributed by atoms with Crippen LogP contribution < -0.4 is 10.6 Å². The molecule has 0 saturated carbocycles. The molecule has 2 aliphatic rings. The van der Waals surface area contributed by atoms with Crippen LogP contribution in [0.5, 0.6) is 0 Å². The Hall–Kier alpha value is -2.20. The van der Waals surface area contributed by atoms with Gasteiger partial charge in [-0.05, 0) is 50.5 Å². The number of alkyl halides is 3. The molecule has 3 rings (SSSR count). The van der Waals surface area contributed by atoms with E-state index in [4.69, 9.17) is 4.74 Å². The van der Waals surface area contributed by atoms with Gasteiger partial charge < -0.3 is 15.4 Å². The monoisotopic (exact) mass is 365 g/mol. The van der Waals surface area contributed by atoms with E-state index in [1.54, 1.807) is 0 Å². The average molecular weight is 365 g/mol. The van der Waals surface area contributed by atoms with Gasteiger partial charge in [-0.2, -0.15) is 13.2 Å². The molecule has 2 bridgehead atoms. The number of halogens is 3. The molecule has 2 N–H and O–H groups in total. The maximum absolute atomic E-state index is 12.5. The number of rotatable bonds is 3. The molecule has 1 aromatic carbocycles. The molecule has 2 aliphatic heterocycles. The number of hydrogen-bond donors (Lipinski definition) is 2. The van der Waals surface area contributed by atoms with Crippen molar-refractivity contribution in [3.05, 3.63) is 35.4 Å². The van der Waals surface area contributed by atoms with Gasteiger partial charge in [-0.15, -0.1) is 0 Å². The lowest BCUT2D eigenvalue weighted by Gasteiger charge is -2.22. The Morgan fingerprint density at radius 1 is 1.27 bits per heavy atom. The fourth-order valence-corrected chi connectivity index (χ4v) is 3.29. The maximum atomic E-state index is 12.5. The molecule has 2 heterocycles. The van der Waals surface area contributed by atoms with Crippen LogP contribution in [-0.4, -0.2) is 37.3 Å². The molecule has 26 heavy (non-hydrogen) atoms. The molecular formula is C19H22F3N3O. The van der Waals surface area contributed by atoms with Crippen LogP contribution in [0.3, 0.4) is 0 Å². The summed E-state index contributed by atoms with van der Waals surface area (Å²) in [7, 11) is 0. The van der Waals surface area contributed by atoms with Crippen molar-refractivity contribution < 1.29 is 17.9 Å². The van der Waals surface area contributed by atoms with E-state index in [9.17, 15) is 13.2 Å². The molecule has 2 fully saturated rings. The molecule has 140 valence electrons. The summed E-state index contributed by atoms with van der Waals surface area (Å²) in [5, 5.41) is 6.57. The first-order valence-electron chi connectivity index (χ1n) is 8.82. The summed E-state index contributed by atoms with van der Waals surface area (Å²) in [6.07, 6.45) is -0.509. The van der Waals surface area contributed by atoms with Crippen molar-refractivity contribution >= 4 is 5.96 Å². The Bertz CT molecular complexity index is 703. The van der Waals surface area contributed by atoms with Crippen LogP contribution in [0.15, 0.2) is 29.3 Å². The van der Waals surface area contributed by atoms with Crippen LogP contribution >= 0.6 is 0 Å². The van der Waals surface area contributed by atoms with Crippen molar-refractivity contribution in [2.75, 3.05) is 13.1 Å². The minimum Gasteiger partial charge on any atom is -0.373 e. The van der Waals surface area contributed by atoms with Crippen LogP contribution in [0, 0.1) is 11.8 Å². The fourth-order valence-electron chi connectivity index (χ4n) is 3.29. The van der Waals surface area contributed by atoms with Gasteiger partial charge in [0.05, 0.1) is 23.8 Å². The maximum Gasteiger partial charge on any atom is 0.416 e. The highest BCUT2D eigenvalue weighted by Crippen LogP contribution is 2.34. The summed E-state index contributed by atoms with van der Waals surface area (Å²) in [5.74, 6) is 6.40. The molecule has 0 spiro atoms. The first-order chi connectivity index (χ1) is 12.5. The first kappa shape index (κ1) is 18.6. The Balaban J connectivity index is 1.56. The first-order valence-corrected chi connectivity index (χ1v) is 8.82. The molecule has 7 heteroatoms. The lowest BCUT2D eigenvalue weighted by atomic mass is 9.96. The van der Waals surface area contributed by atoms with E-state index < -0.39 is 11.7 Å². The summed E-state index contributed by atoms with van der Waals surface area (Å²) in [6.45, 7) is 2.99. The zero-order chi connectivity index (χ0) is 18.6. The standard InChI is InChI=1S/C19H22F3N3O/c1-2-23-18(25-16-12-15-9-10-17(16)26-15)24-11-3-4-13-5-7-14(8-6-13)19(20,21)22/h5-8,15-17H,2,9-12H2,1H3,(H2,23,24,25).